The Morgan fingerprint density at radius 1 is 1.39 bits per heavy atom. The maximum absolute atomic E-state index is 12.4. The van der Waals surface area contributed by atoms with E-state index < -0.39 is 11.4 Å². The van der Waals surface area contributed by atoms with Crippen molar-refractivity contribution in [3.05, 3.63) is 30.2 Å². The van der Waals surface area contributed by atoms with Crippen LogP contribution in [0.5, 0.6) is 0 Å². The van der Waals surface area contributed by atoms with E-state index in [1.54, 1.807) is 20.1 Å². The number of piperidine rings is 3. The van der Waals surface area contributed by atoms with Gasteiger partial charge in [0.2, 0.25) is 5.91 Å². The van der Waals surface area contributed by atoms with Crippen molar-refractivity contribution in [3.8, 4) is 11.5 Å². The molecule has 2 aromatic heterocycles. The van der Waals surface area contributed by atoms with Crippen molar-refractivity contribution in [1.29, 1.82) is 0 Å². The van der Waals surface area contributed by atoms with Gasteiger partial charge < -0.3 is 24.5 Å². The van der Waals surface area contributed by atoms with E-state index in [0.29, 0.717) is 24.4 Å². The molecule has 0 radical (unpaired) electrons. The SMILES string of the molecule is Cn1nc(-c2ccco2)cc1[C@H]1C[NH+]2CC[C@H]1C[C@@H]2CNC(=O)CC(C)(C)CC(=O)[O-]. The third-order valence-corrected chi connectivity index (χ3v) is 6.93. The summed E-state index contributed by atoms with van der Waals surface area (Å²) in [5, 5.41) is 18.6. The average molecular weight is 429 g/mol. The first-order valence-electron chi connectivity index (χ1n) is 11.1. The van der Waals surface area contributed by atoms with E-state index in [4.69, 9.17) is 4.42 Å². The van der Waals surface area contributed by atoms with Crippen LogP contribution in [-0.2, 0) is 16.6 Å². The van der Waals surface area contributed by atoms with Crippen molar-refractivity contribution in [2.24, 2.45) is 18.4 Å². The maximum Gasteiger partial charge on any atom is 0.220 e. The molecule has 5 rings (SSSR count). The molecule has 3 aliphatic rings. The first-order chi connectivity index (χ1) is 14.7. The second kappa shape index (κ2) is 8.49. The van der Waals surface area contributed by atoms with Crippen LogP contribution in [0.25, 0.3) is 11.5 Å². The highest BCUT2D eigenvalue weighted by Crippen LogP contribution is 2.36. The van der Waals surface area contributed by atoms with Crippen LogP contribution in [0, 0.1) is 11.3 Å². The quantitative estimate of drug-likeness (QED) is 0.621. The molecule has 168 valence electrons. The summed E-state index contributed by atoms with van der Waals surface area (Å²) in [6.45, 7) is 6.38. The second-order valence-corrected chi connectivity index (χ2v) is 9.95. The predicted octanol–water partition coefficient (Wildman–Crippen LogP) is 0.113. The summed E-state index contributed by atoms with van der Waals surface area (Å²) < 4.78 is 7.49. The number of quaternary nitrogens is 1. The van der Waals surface area contributed by atoms with Crippen LogP contribution < -0.4 is 15.3 Å². The van der Waals surface area contributed by atoms with Gasteiger partial charge in [-0.05, 0) is 36.0 Å². The number of furan rings is 1. The third-order valence-electron chi connectivity index (χ3n) is 6.93. The van der Waals surface area contributed by atoms with Gasteiger partial charge in [0.05, 0.1) is 31.8 Å². The number of hydrogen-bond donors (Lipinski definition) is 2. The van der Waals surface area contributed by atoms with E-state index in [2.05, 4.69) is 16.5 Å². The number of fused-ring (bicyclic) bond motifs is 3. The standard InChI is InChI=1S/C23H32N4O4/c1-23(2,12-22(29)30)11-21(28)24-13-16-9-15-6-7-27(16)14-17(15)19-10-18(25-26(19)3)20-5-4-8-31-20/h4-5,8,10,15-17H,6-7,9,11-14H2,1-3H3,(H,24,28)(H,29,30)/t15-,16+,17-/m0/s1. The molecule has 1 unspecified atom stereocenters. The molecular formula is C23H32N4O4. The van der Waals surface area contributed by atoms with Crippen molar-refractivity contribution in [1.82, 2.24) is 15.1 Å². The number of aryl methyl sites for hydroxylation is 1. The maximum atomic E-state index is 12.4. The van der Waals surface area contributed by atoms with E-state index in [9.17, 15) is 14.7 Å². The number of aliphatic carboxylic acids is 1. The minimum Gasteiger partial charge on any atom is -0.550 e. The van der Waals surface area contributed by atoms with Crippen LogP contribution in [0.2, 0.25) is 0 Å². The van der Waals surface area contributed by atoms with Gasteiger partial charge in [-0.3, -0.25) is 9.48 Å². The number of carbonyl (C=O) groups is 2. The van der Waals surface area contributed by atoms with Gasteiger partial charge in [0.15, 0.2) is 5.76 Å². The fraction of sp³-hybridized carbons (Fsp3) is 0.609. The summed E-state index contributed by atoms with van der Waals surface area (Å²) in [6, 6.07) is 6.36. The lowest BCUT2D eigenvalue weighted by molar-refractivity contribution is -0.942. The normalized spacial score (nSPS) is 25.5. The van der Waals surface area contributed by atoms with Crippen molar-refractivity contribution >= 4 is 11.9 Å². The van der Waals surface area contributed by atoms with Gasteiger partial charge in [-0.15, -0.1) is 0 Å². The van der Waals surface area contributed by atoms with E-state index in [1.807, 2.05) is 23.9 Å². The van der Waals surface area contributed by atoms with Crippen LogP contribution in [0.15, 0.2) is 28.9 Å². The zero-order chi connectivity index (χ0) is 22.2. The van der Waals surface area contributed by atoms with Gasteiger partial charge in [0.25, 0.3) is 0 Å². The van der Waals surface area contributed by atoms with Gasteiger partial charge in [-0.2, -0.15) is 5.10 Å². The van der Waals surface area contributed by atoms with Crippen LogP contribution in [0.3, 0.4) is 0 Å². The molecule has 4 atom stereocenters. The van der Waals surface area contributed by atoms with E-state index >= 15 is 0 Å². The molecule has 8 heteroatoms. The molecule has 3 aliphatic heterocycles. The highest BCUT2D eigenvalue weighted by atomic mass is 16.4. The van der Waals surface area contributed by atoms with Crippen molar-refractivity contribution in [2.45, 2.75) is 51.5 Å². The molecule has 3 saturated heterocycles. The molecule has 0 aliphatic carbocycles. The third kappa shape index (κ3) is 4.84. The molecule has 2 N–H and O–H groups in total. The summed E-state index contributed by atoms with van der Waals surface area (Å²) in [4.78, 5) is 24.8. The number of carboxylic acid groups (broad SMARTS) is 1. The zero-order valence-electron chi connectivity index (χ0n) is 18.5. The molecule has 0 saturated carbocycles. The first kappa shape index (κ1) is 21.6. The molecule has 3 fully saturated rings. The number of carbonyl (C=O) groups excluding carboxylic acids is 2. The van der Waals surface area contributed by atoms with Gasteiger partial charge in [0.1, 0.15) is 11.7 Å². The number of nitrogens with zero attached hydrogens (tertiary/aromatic N) is 2. The number of hydrogen-bond acceptors (Lipinski definition) is 5. The largest absolute Gasteiger partial charge is 0.550 e. The molecule has 2 aromatic rings. The monoisotopic (exact) mass is 428 g/mol. The van der Waals surface area contributed by atoms with Gasteiger partial charge in [0, 0.05) is 38.0 Å². The molecule has 1 amide bonds. The average Bonchev–Trinajstić information content (AvgIpc) is 3.35. The van der Waals surface area contributed by atoms with Gasteiger partial charge in [-0.25, -0.2) is 0 Å². The van der Waals surface area contributed by atoms with Crippen molar-refractivity contribution in [2.75, 3.05) is 19.6 Å². The number of carboxylic acids is 1. The zero-order valence-corrected chi connectivity index (χ0v) is 18.5. The number of nitrogens with one attached hydrogen (secondary N) is 2. The summed E-state index contributed by atoms with van der Waals surface area (Å²) >= 11 is 0. The van der Waals surface area contributed by atoms with Crippen molar-refractivity contribution in [3.63, 3.8) is 0 Å². The molecule has 2 bridgehead atoms. The fourth-order valence-corrected chi connectivity index (χ4v) is 5.44. The highest BCUT2D eigenvalue weighted by Gasteiger charge is 2.45. The molecule has 0 aromatic carbocycles. The van der Waals surface area contributed by atoms with Gasteiger partial charge in [-0.1, -0.05) is 13.8 Å². The van der Waals surface area contributed by atoms with Crippen LogP contribution in [0.4, 0.5) is 0 Å². The summed E-state index contributed by atoms with van der Waals surface area (Å²) in [5.41, 5.74) is 1.52. The molecule has 5 heterocycles. The number of aromatic nitrogens is 2. The lowest BCUT2D eigenvalue weighted by atomic mass is 9.74. The first-order valence-corrected chi connectivity index (χ1v) is 11.1. The Morgan fingerprint density at radius 2 is 2.19 bits per heavy atom. The Labute approximate surface area is 182 Å². The van der Waals surface area contributed by atoms with Gasteiger partial charge >= 0.3 is 0 Å². The summed E-state index contributed by atoms with van der Waals surface area (Å²) in [7, 11) is 2.00. The Bertz CT molecular complexity index is 934. The summed E-state index contributed by atoms with van der Waals surface area (Å²) in [6.07, 6.45) is 4.00. The Kier molecular flexibility index (Phi) is 5.92. The number of amides is 1. The fourth-order valence-electron chi connectivity index (χ4n) is 5.44. The van der Waals surface area contributed by atoms with Crippen molar-refractivity contribution < 1.29 is 24.0 Å². The highest BCUT2D eigenvalue weighted by molar-refractivity contribution is 5.77. The Hall–Kier alpha value is -2.61. The summed E-state index contributed by atoms with van der Waals surface area (Å²) in [5.74, 6) is 0.624. The lowest BCUT2D eigenvalue weighted by Crippen LogP contribution is -3.20. The minimum atomic E-state index is -1.12. The van der Waals surface area contributed by atoms with E-state index in [-0.39, 0.29) is 18.7 Å². The van der Waals surface area contributed by atoms with Crippen LogP contribution >= 0.6 is 0 Å². The molecular weight excluding hydrogens is 396 g/mol. The Morgan fingerprint density at radius 3 is 2.84 bits per heavy atom. The topological polar surface area (TPSA) is 105 Å². The molecule has 8 nitrogen and oxygen atoms in total. The minimum absolute atomic E-state index is 0.0837. The Balaban J connectivity index is 1.35. The van der Waals surface area contributed by atoms with Crippen LogP contribution in [0.1, 0.15) is 51.1 Å². The molecule has 0 spiro atoms. The smallest absolute Gasteiger partial charge is 0.220 e. The predicted molar refractivity (Wildman–Crippen MR) is 112 cm³/mol. The van der Waals surface area contributed by atoms with E-state index in [0.717, 1.165) is 31.0 Å². The lowest BCUT2D eigenvalue weighted by Gasteiger charge is -2.47. The second-order valence-electron chi connectivity index (χ2n) is 9.95. The number of rotatable bonds is 8. The van der Waals surface area contributed by atoms with Crippen LogP contribution in [-0.4, -0.2) is 47.3 Å². The molecule has 31 heavy (non-hydrogen) atoms. The van der Waals surface area contributed by atoms with E-state index in [1.165, 1.54) is 17.0 Å².